The van der Waals surface area contributed by atoms with E-state index >= 15 is 0 Å². The molecule has 0 bridgehead atoms. The largest absolute Gasteiger partial charge is 0.465 e. The Bertz CT molecular complexity index is 786. The summed E-state index contributed by atoms with van der Waals surface area (Å²) in [7, 11) is -2.96. The van der Waals surface area contributed by atoms with Crippen LogP contribution in [0.2, 0.25) is 0 Å². The highest BCUT2D eigenvalue weighted by Crippen LogP contribution is 2.29. The van der Waals surface area contributed by atoms with Gasteiger partial charge in [-0.3, -0.25) is 9.71 Å². The summed E-state index contributed by atoms with van der Waals surface area (Å²) in [5, 5.41) is 1.52. The number of ether oxygens (including phenoxy) is 1. The molecule has 0 fully saturated rings. The van der Waals surface area contributed by atoms with E-state index in [2.05, 4.69) is 14.4 Å². The normalized spacial score (nSPS) is 11.2. The van der Waals surface area contributed by atoms with Crippen LogP contribution in [0.25, 0.3) is 0 Å². The van der Waals surface area contributed by atoms with Crippen LogP contribution in [-0.4, -0.2) is 26.5 Å². The standard InChI is InChI=1S/C12H11FN2O4S2/c1-7-6-20-10(12(16)19-2)11(7)21(17,18)15-9-3-4-14-5-8(9)13/h3-6H,1-2H3,(H,14,15). The molecule has 0 amide bonds. The molecule has 112 valence electrons. The van der Waals surface area contributed by atoms with Crippen molar-refractivity contribution in [2.75, 3.05) is 11.8 Å². The van der Waals surface area contributed by atoms with Crippen LogP contribution in [0.5, 0.6) is 0 Å². The Morgan fingerprint density at radius 3 is 2.81 bits per heavy atom. The summed E-state index contributed by atoms with van der Waals surface area (Å²) in [6, 6.07) is 1.19. The van der Waals surface area contributed by atoms with Gasteiger partial charge < -0.3 is 4.74 Å². The first-order valence-corrected chi connectivity index (χ1v) is 8.02. The molecule has 0 atom stereocenters. The topological polar surface area (TPSA) is 85.4 Å². The third kappa shape index (κ3) is 3.03. The average Bonchev–Trinajstić information content (AvgIpc) is 2.83. The van der Waals surface area contributed by atoms with Crippen LogP contribution < -0.4 is 4.72 Å². The molecule has 1 N–H and O–H groups in total. The van der Waals surface area contributed by atoms with Gasteiger partial charge in [0.25, 0.3) is 10.0 Å². The summed E-state index contributed by atoms with van der Waals surface area (Å²) in [4.78, 5) is 14.9. The number of thiophene rings is 1. The SMILES string of the molecule is COC(=O)c1scc(C)c1S(=O)(=O)Nc1ccncc1F. The molecular formula is C12H11FN2O4S2. The van der Waals surface area contributed by atoms with E-state index in [1.165, 1.54) is 17.6 Å². The molecule has 0 aliphatic carbocycles. The van der Waals surface area contributed by atoms with Crippen molar-refractivity contribution >= 4 is 33.0 Å². The molecule has 0 aliphatic heterocycles. The highest BCUT2D eigenvalue weighted by Gasteiger charge is 2.28. The van der Waals surface area contributed by atoms with Crippen LogP contribution in [0.15, 0.2) is 28.7 Å². The molecule has 0 saturated carbocycles. The van der Waals surface area contributed by atoms with Gasteiger partial charge in [-0.05, 0) is 23.9 Å². The molecule has 21 heavy (non-hydrogen) atoms. The molecule has 0 spiro atoms. The van der Waals surface area contributed by atoms with Crippen molar-refractivity contribution in [2.24, 2.45) is 0 Å². The molecule has 0 saturated heterocycles. The van der Waals surface area contributed by atoms with Gasteiger partial charge in [-0.2, -0.15) is 0 Å². The maximum atomic E-state index is 13.5. The second-order valence-corrected chi connectivity index (χ2v) is 6.53. The zero-order valence-electron chi connectivity index (χ0n) is 11.1. The second kappa shape index (κ2) is 5.78. The lowest BCUT2D eigenvalue weighted by Gasteiger charge is -2.09. The number of carbonyl (C=O) groups is 1. The number of aromatic nitrogens is 1. The third-order valence-corrected chi connectivity index (χ3v) is 5.33. The van der Waals surface area contributed by atoms with Crippen molar-refractivity contribution < 1.29 is 22.3 Å². The lowest BCUT2D eigenvalue weighted by atomic mass is 10.3. The van der Waals surface area contributed by atoms with E-state index in [4.69, 9.17) is 0 Å². The van der Waals surface area contributed by atoms with Crippen molar-refractivity contribution in [3.05, 3.63) is 40.1 Å². The fourth-order valence-corrected chi connectivity index (χ4v) is 4.43. The molecule has 2 aromatic heterocycles. The number of anilines is 1. The highest BCUT2D eigenvalue weighted by molar-refractivity contribution is 7.93. The zero-order valence-corrected chi connectivity index (χ0v) is 12.7. The van der Waals surface area contributed by atoms with E-state index in [1.54, 1.807) is 6.92 Å². The summed E-state index contributed by atoms with van der Waals surface area (Å²) < 4.78 is 44.9. The summed E-state index contributed by atoms with van der Waals surface area (Å²) in [6.45, 7) is 1.54. The number of aryl methyl sites for hydroxylation is 1. The molecule has 0 aromatic carbocycles. The number of hydrogen-bond acceptors (Lipinski definition) is 6. The lowest BCUT2D eigenvalue weighted by molar-refractivity contribution is 0.0602. The van der Waals surface area contributed by atoms with Crippen molar-refractivity contribution in [1.82, 2.24) is 4.98 Å². The number of carbonyl (C=O) groups excluding carboxylic acids is 1. The summed E-state index contributed by atoms with van der Waals surface area (Å²) in [5.41, 5.74) is 0.133. The quantitative estimate of drug-likeness (QED) is 0.869. The van der Waals surface area contributed by atoms with Crippen LogP contribution >= 0.6 is 11.3 Å². The summed E-state index contributed by atoms with van der Waals surface area (Å²) in [6.07, 6.45) is 2.14. The van der Waals surface area contributed by atoms with Crippen molar-refractivity contribution in [1.29, 1.82) is 0 Å². The minimum Gasteiger partial charge on any atom is -0.465 e. The van der Waals surface area contributed by atoms with Gasteiger partial charge in [0.1, 0.15) is 9.77 Å². The maximum Gasteiger partial charge on any atom is 0.349 e. The van der Waals surface area contributed by atoms with E-state index in [9.17, 15) is 17.6 Å². The first kappa shape index (κ1) is 15.4. The van der Waals surface area contributed by atoms with Crippen molar-refractivity contribution in [3.63, 3.8) is 0 Å². The Morgan fingerprint density at radius 2 is 2.19 bits per heavy atom. The van der Waals surface area contributed by atoms with E-state index in [0.717, 1.165) is 24.6 Å². The van der Waals surface area contributed by atoms with Crippen LogP contribution in [0.4, 0.5) is 10.1 Å². The van der Waals surface area contributed by atoms with Crippen molar-refractivity contribution in [3.8, 4) is 0 Å². The first-order valence-electron chi connectivity index (χ1n) is 5.65. The Balaban J connectivity index is 2.48. The van der Waals surface area contributed by atoms with Crippen LogP contribution in [0.3, 0.4) is 0 Å². The van der Waals surface area contributed by atoms with E-state index < -0.39 is 21.8 Å². The Labute approximate surface area is 124 Å². The van der Waals surface area contributed by atoms with Gasteiger partial charge in [0, 0.05) is 6.20 Å². The lowest BCUT2D eigenvalue weighted by Crippen LogP contribution is -2.17. The van der Waals surface area contributed by atoms with Gasteiger partial charge in [0.2, 0.25) is 0 Å². The number of esters is 1. The molecule has 2 heterocycles. The second-order valence-electron chi connectivity index (χ2n) is 4.03. The van der Waals surface area contributed by atoms with Crippen LogP contribution in [0, 0.1) is 12.7 Å². The smallest absolute Gasteiger partial charge is 0.349 e. The molecular weight excluding hydrogens is 319 g/mol. The van der Waals surface area contributed by atoms with Gasteiger partial charge >= 0.3 is 5.97 Å². The minimum atomic E-state index is -4.12. The molecule has 0 radical (unpaired) electrons. The number of pyridine rings is 1. The number of halogens is 1. The molecule has 2 aromatic rings. The van der Waals surface area contributed by atoms with Gasteiger partial charge in [-0.1, -0.05) is 0 Å². The van der Waals surface area contributed by atoms with Gasteiger partial charge in [0.05, 0.1) is 19.0 Å². The van der Waals surface area contributed by atoms with E-state index in [0.29, 0.717) is 5.56 Å². The average molecular weight is 330 g/mol. The Hall–Kier alpha value is -2.00. The van der Waals surface area contributed by atoms with E-state index in [1.807, 2.05) is 0 Å². The predicted molar refractivity (Wildman–Crippen MR) is 75.4 cm³/mol. The fourth-order valence-electron chi connectivity index (χ4n) is 1.65. The highest BCUT2D eigenvalue weighted by atomic mass is 32.2. The fraction of sp³-hybridized carbons (Fsp3) is 0.167. The number of hydrogen-bond donors (Lipinski definition) is 1. The first-order chi connectivity index (χ1) is 9.86. The number of nitrogens with zero attached hydrogens (tertiary/aromatic N) is 1. The minimum absolute atomic E-state index is 0.0584. The number of rotatable bonds is 4. The maximum absolute atomic E-state index is 13.5. The summed E-state index contributed by atoms with van der Waals surface area (Å²) >= 11 is 0.951. The predicted octanol–water partition coefficient (Wildman–Crippen LogP) is 2.18. The molecule has 0 aliphatic rings. The third-order valence-electron chi connectivity index (χ3n) is 2.57. The van der Waals surface area contributed by atoms with E-state index in [-0.39, 0.29) is 15.5 Å². The van der Waals surface area contributed by atoms with Crippen LogP contribution in [0.1, 0.15) is 15.2 Å². The monoisotopic (exact) mass is 330 g/mol. The molecule has 9 heteroatoms. The number of methoxy groups -OCH3 is 1. The Morgan fingerprint density at radius 1 is 1.48 bits per heavy atom. The molecule has 6 nitrogen and oxygen atoms in total. The zero-order chi connectivity index (χ0) is 15.6. The number of sulfonamides is 1. The number of nitrogens with one attached hydrogen (secondary N) is 1. The Kier molecular flexibility index (Phi) is 4.24. The van der Waals surface area contributed by atoms with Gasteiger partial charge in [0.15, 0.2) is 5.82 Å². The molecule has 2 rings (SSSR count). The van der Waals surface area contributed by atoms with Crippen LogP contribution in [-0.2, 0) is 14.8 Å². The summed E-state index contributed by atoms with van der Waals surface area (Å²) in [5.74, 6) is -1.57. The molecule has 0 unspecified atom stereocenters. The van der Waals surface area contributed by atoms with Crippen molar-refractivity contribution in [2.45, 2.75) is 11.8 Å². The van der Waals surface area contributed by atoms with Gasteiger partial charge in [-0.25, -0.2) is 17.6 Å². The van der Waals surface area contributed by atoms with Gasteiger partial charge in [-0.15, -0.1) is 11.3 Å².